The van der Waals surface area contributed by atoms with E-state index in [-0.39, 0.29) is 19.2 Å². The predicted molar refractivity (Wildman–Crippen MR) is 151 cm³/mol. The Balaban J connectivity index is 2.26. The summed E-state index contributed by atoms with van der Waals surface area (Å²) in [5.41, 5.74) is 4.14. The van der Waals surface area contributed by atoms with Gasteiger partial charge in [-0.05, 0) is 51.7 Å². The van der Waals surface area contributed by atoms with Gasteiger partial charge >= 0.3 is 0 Å². The molecule has 0 spiro atoms. The van der Waals surface area contributed by atoms with Crippen LogP contribution in [-0.4, -0.2) is 18.4 Å². The standard InChI is InChI=1S/C30H40OP2/c1-22(2)32(23(3)4)28-21-24(30(5,6)7)19-20-27(28)29(31-8)33(25-15-11-9-12-16-25)26-17-13-10-14-18-26/h9-23,29H,1-8H3/t29-/m1/s1. The summed E-state index contributed by atoms with van der Waals surface area (Å²) in [5.74, 6) is 0.0105. The van der Waals surface area contributed by atoms with Crippen LogP contribution in [0.15, 0.2) is 78.9 Å². The predicted octanol–water partition coefficient (Wildman–Crippen LogP) is 7.69. The van der Waals surface area contributed by atoms with Crippen LogP contribution in [0.4, 0.5) is 0 Å². The van der Waals surface area contributed by atoms with Crippen LogP contribution in [-0.2, 0) is 10.2 Å². The Morgan fingerprint density at radius 1 is 0.697 bits per heavy atom. The van der Waals surface area contributed by atoms with E-state index in [9.17, 15) is 0 Å². The van der Waals surface area contributed by atoms with Crippen molar-refractivity contribution in [2.24, 2.45) is 0 Å². The third kappa shape index (κ3) is 6.14. The first-order valence-corrected chi connectivity index (χ1v) is 14.9. The Hall–Kier alpha value is -1.52. The third-order valence-corrected chi connectivity index (χ3v) is 11.9. The van der Waals surface area contributed by atoms with Crippen LogP contribution in [0, 0.1) is 0 Å². The van der Waals surface area contributed by atoms with Crippen LogP contribution in [0.3, 0.4) is 0 Å². The Morgan fingerprint density at radius 3 is 1.58 bits per heavy atom. The molecule has 0 unspecified atom stereocenters. The van der Waals surface area contributed by atoms with E-state index in [1.165, 1.54) is 27.0 Å². The highest BCUT2D eigenvalue weighted by atomic mass is 31.1. The zero-order chi connectivity index (χ0) is 24.2. The molecule has 3 aromatic rings. The van der Waals surface area contributed by atoms with Crippen molar-refractivity contribution < 1.29 is 4.74 Å². The maximum Gasteiger partial charge on any atom is 0.110 e. The second-order valence-electron chi connectivity index (χ2n) is 10.2. The van der Waals surface area contributed by atoms with Gasteiger partial charge in [-0.15, -0.1) is 0 Å². The molecule has 0 aromatic heterocycles. The fourth-order valence-electron chi connectivity index (χ4n) is 4.56. The Kier molecular flexibility index (Phi) is 8.91. The van der Waals surface area contributed by atoms with Crippen molar-refractivity contribution in [3.8, 4) is 0 Å². The SMILES string of the molecule is CO[C@@H](c1ccc(C(C)(C)C)cc1P(C(C)C)C(C)C)P(c1ccccc1)c1ccccc1. The second-order valence-corrected chi connectivity index (χ2v) is 15.9. The number of benzene rings is 3. The van der Waals surface area contributed by atoms with Crippen molar-refractivity contribution in [3.63, 3.8) is 0 Å². The molecule has 0 bridgehead atoms. The van der Waals surface area contributed by atoms with Crippen LogP contribution in [0.2, 0.25) is 0 Å². The van der Waals surface area contributed by atoms with Crippen LogP contribution >= 0.6 is 15.8 Å². The summed E-state index contributed by atoms with van der Waals surface area (Å²) in [4.78, 5) is 0. The topological polar surface area (TPSA) is 9.23 Å². The van der Waals surface area contributed by atoms with Gasteiger partial charge in [0.1, 0.15) is 5.85 Å². The molecule has 0 aliphatic rings. The molecule has 0 N–H and O–H groups in total. The van der Waals surface area contributed by atoms with E-state index in [0.717, 1.165) is 0 Å². The van der Waals surface area contributed by atoms with Crippen molar-refractivity contribution in [2.45, 2.75) is 71.0 Å². The van der Waals surface area contributed by atoms with Crippen molar-refractivity contribution in [3.05, 3.63) is 90.0 Å². The van der Waals surface area contributed by atoms with Crippen LogP contribution in [0.1, 0.15) is 65.4 Å². The van der Waals surface area contributed by atoms with E-state index >= 15 is 0 Å². The lowest BCUT2D eigenvalue weighted by atomic mass is 9.86. The lowest BCUT2D eigenvalue weighted by Crippen LogP contribution is -2.26. The first-order valence-electron chi connectivity index (χ1n) is 12.0. The van der Waals surface area contributed by atoms with Gasteiger partial charge in [0, 0.05) is 7.11 Å². The summed E-state index contributed by atoms with van der Waals surface area (Å²) in [6.07, 6.45) is 0. The molecule has 0 aliphatic heterocycles. The Bertz CT molecular complexity index is 959. The first-order chi connectivity index (χ1) is 15.6. The quantitative estimate of drug-likeness (QED) is 0.302. The van der Waals surface area contributed by atoms with E-state index in [4.69, 9.17) is 4.74 Å². The molecular weight excluding hydrogens is 438 g/mol. The summed E-state index contributed by atoms with van der Waals surface area (Å²) in [6.45, 7) is 16.5. The first kappa shape index (κ1) is 26.1. The molecule has 33 heavy (non-hydrogen) atoms. The molecule has 3 aromatic carbocycles. The van der Waals surface area contributed by atoms with Gasteiger partial charge in [-0.1, -0.05) is 135 Å². The molecule has 3 rings (SSSR count). The zero-order valence-corrected chi connectivity index (χ0v) is 23.3. The largest absolute Gasteiger partial charge is 0.372 e. The number of hydrogen-bond donors (Lipinski definition) is 0. The smallest absolute Gasteiger partial charge is 0.110 e. The van der Waals surface area contributed by atoms with E-state index in [1.807, 2.05) is 7.11 Å². The van der Waals surface area contributed by atoms with Crippen LogP contribution in [0.25, 0.3) is 0 Å². The number of hydrogen-bond acceptors (Lipinski definition) is 1. The van der Waals surface area contributed by atoms with Gasteiger partial charge in [0.15, 0.2) is 0 Å². The zero-order valence-electron chi connectivity index (χ0n) is 21.5. The van der Waals surface area contributed by atoms with E-state index < -0.39 is 7.92 Å². The monoisotopic (exact) mass is 478 g/mol. The molecule has 176 valence electrons. The number of rotatable bonds is 8. The van der Waals surface area contributed by atoms with Crippen molar-refractivity contribution in [2.75, 3.05) is 7.11 Å². The van der Waals surface area contributed by atoms with Gasteiger partial charge in [-0.3, -0.25) is 0 Å². The minimum absolute atomic E-state index is 0.0105. The molecule has 0 saturated carbocycles. The van der Waals surface area contributed by atoms with E-state index in [2.05, 4.69) is 127 Å². The molecule has 1 atom stereocenters. The van der Waals surface area contributed by atoms with Gasteiger partial charge in [0.2, 0.25) is 0 Å². The summed E-state index contributed by atoms with van der Waals surface area (Å²) in [7, 11) is 0.841. The fourth-order valence-corrected chi connectivity index (χ4v) is 10.3. The number of ether oxygens (including phenoxy) is 1. The molecule has 1 nitrogen and oxygen atoms in total. The average molecular weight is 479 g/mol. The molecule has 0 radical (unpaired) electrons. The van der Waals surface area contributed by atoms with Crippen molar-refractivity contribution >= 4 is 31.8 Å². The van der Waals surface area contributed by atoms with Gasteiger partial charge < -0.3 is 4.74 Å². The normalized spacial score (nSPS) is 13.3. The third-order valence-electron chi connectivity index (χ3n) is 6.08. The Labute approximate surface area is 204 Å². The molecule has 0 heterocycles. The van der Waals surface area contributed by atoms with Crippen molar-refractivity contribution in [1.29, 1.82) is 0 Å². The van der Waals surface area contributed by atoms with Crippen LogP contribution in [0.5, 0.6) is 0 Å². The van der Waals surface area contributed by atoms with E-state index in [0.29, 0.717) is 11.3 Å². The highest BCUT2D eigenvalue weighted by molar-refractivity contribution is 7.73. The fraction of sp³-hybridized carbons (Fsp3) is 0.400. The Morgan fingerprint density at radius 2 is 1.18 bits per heavy atom. The number of methoxy groups -OCH3 is 1. The highest BCUT2D eigenvalue weighted by Crippen LogP contribution is 2.54. The summed E-state index contributed by atoms with van der Waals surface area (Å²) < 4.78 is 6.42. The maximum atomic E-state index is 6.42. The lowest BCUT2D eigenvalue weighted by Gasteiger charge is -2.35. The molecule has 0 fully saturated rings. The van der Waals surface area contributed by atoms with Gasteiger partial charge in [-0.2, -0.15) is 0 Å². The maximum absolute atomic E-state index is 6.42. The second kappa shape index (κ2) is 11.3. The summed E-state index contributed by atoms with van der Waals surface area (Å²) in [5, 5.41) is 4.23. The van der Waals surface area contributed by atoms with Gasteiger partial charge in [0.05, 0.1) is 0 Å². The molecule has 0 saturated heterocycles. The minimum atomic E-state index is -0.720. The van der Waals surface area contributed by atoms with Gasteiger partial charge in [-0.25, -0.2) is 0 Å². The summed E-state index contributed by atoms with van der Waals surface area (Å²) >= 11 is 0. The lowest BCUT2D eigenvalue weighted by molar-refractivity contribution is 0.173. The molecule has 0 aliphatic carbocycles. The van der Waals surface area contributed by atoms with Crippen LogP contribution < -0.4 is 15.9 Å². The minimum Gasteiger partial charge on any atom is -0.372 e. The molecule has 3 heteroatoms. The highest BCUT2D eigenvalue weighted by Gasteiger charge is 2.32. The summed E-state index contributed by atoms with van der Waals surface area (Å²) in [6, 6.07) is 29.1. The van der Waals surface area contributed by atoms with E-state index in [1.54, 1.807) is 0 Å². The molecular formula is C30H40OP2. The van der Waals surface area contributed by atoms with Crippen molar-refractivity contribution in [1.82, 2.24) is 0 Å². The van der Waals surface area contributed by atoms with Gasteiger partial charge in [0.25, 0.3) is 0 Å². The average Bonchev–Trinajstić information content (AvgIpc) is 2.77. The molecule has 0 amide bonds.